The van der Waals surface area contributed by atoms with Crippen LogP contribution in [0.4, 0.5) is 11.4 Å². The van der Waals surface area contributed by atoms with Crippen LogP contribution in [0.3, 0.4) is 0 Å². The molecule has 0 aliphatic carbocycles. The van der Waals surface area contributed by atoms with E-state index in [1.165, 1.54) is 32.2 Å². The largest absolute Gasteiger partial charge is 0.495 e. The second-order valence-corrected chi connectivity index (χ2v) is 6.29. The predicted octanol–water partition coefficient (Wildman–Crippen LogP) is 4.43. The fourth-order valence-electron chi connectivity index (χ4n) is 1.96. The van der Waals surface area contributed by atoms with Gasteiger partial charge < -0.3 is 14.8 Å². The van der Waals surface area contributed by atoms with Crippen LogP contribution in [-0.4, -0.2) is 24.0 Å². The van der Waals surface area contributed by atoms with Crippen LogP contribution in [-0.2, 0) is 4.79 Å². The lowest BCUT2D eigenvalue weighted by atomic mass is 10.2. The van der Waals surface area contributed by atoms with E-state index in [1.807, 2.05) is 0 Å². The quantitative estimate of drug-likeness (QED) is 0.542. The topological polar surface area (TPSA) is 90.7 Å². The fourth-order valence-corrected chi connectivity index (χ4v) is 2.67. The zero-order valence-electron chi connectivity index (χ0n) is 13.3. The number of carbonyl (C=O) groups is 1. The van der Waals surface area contributed by atoms with E-state index in [0.29, 0.717) is 16.5 Å². The van der Waals surface area contributed by atoms with Crippen molar-refractivity contribution in [2.75, 3.05) is 12.4 Å². The van der Waals surface area contributed by atoms with Crippen molar-refractivity contribution in [2.24, 2.45) is 0 Å². The molecule has 25 heavy (non-hydrogen) atoms. The van der Waals surface area contributed by atoms with Gasteiger partial charge in [0.1, 0.15) is 11.5 Å². The molecule has 2 aromatic carbocycles. The molecule has 7 nitrogen and oxygen atoms in total. The minimum atomic E-state index is -0.886. The highest BCUT2D eigenvalue weighted by atomic mass is 79.9. The molecular weight excluding hydrogens is 416 g/mol. The minimum absolute atomic E-state index is 0.166. The van der Waals surface area contributed by atoms with Gasteiger partial charge >= 0.3 is 0 Å². The summed E-state index contributed by atoms with van der Waals surface area (Å²) in [6.45, 7) is 1.54. The number of nitro groups is 1. The van der Waals surface area contributed by atoms with Crippen molar-refractivity contribution in [1.29, 1.82) is 0 Å². The zero-order valence-corrected chi connectivity index (χ0v) is 15.6. The molecule has 0 spiro atoms. The molecule has 0 aliphatic rings. The van der Waals surface area contributed by atoms with Crippen molar-refractivity contribution in [3.8, 4) is 11.5 Å². The van der Waals surface area contributed by atoms with Gasteiger partial charge in [-0.3, -0.25) is 14.9 Å². The van der Waals surface area contributed by atoms with Crippen LogP contribution in [0.2, 0.25) is 5.02 Å². The predicted molar refractivity (Wildman–Crippen MR) is 97.5 cm³/mol. The first kappa shape index (κ1) is 19.0. The van der Waals surface area contributed by atoms with Gasteiger partial charge in [-0.25, -0.2) is 0 Å². The molecular formula is C16H14BrClN2O5. The number of carbonyl (C=O) groups excluding carboxylic acids is 1. The van der Waals surface area contributed by atoms with E-state index in [1.54, 1.807) is 18.2 Å². The smallest absolute Gasteiger partial charge is 0.271 e. The van der Waals surface area contributed by atoms with Gasteiger partial charge in [-0.05, 0) is 31.2 Å². The Bertz CT molecular complexity index is 815. The summed E-state index contributed by atoms with van der Waals surface area (Å²) < 4.78 is 11.4. The number of nitro benzene ring substituents is 1. The van der Waals surface area contributed by atoms with Gasteiger partial charge in [0.25, 0.3) is 11.6 Å². The molecule has 0 aromatic heterocycles. The Morgan fingerprint density at radius 1 is 1.28 bits per heavy atom. The normalized spacial score (nSPS) is 11.5. The summed E-state index contributed by atoms with van der Waals surface area (Å²) in [6.07, 6.45) is -0.886. The molecule has 1 N–H and O–H groups in total. The first-order chi connectivity index (χ1) is 11.8. The molecule has 1 amide bonds. The number of hydrogen-bond acceptors (Lipinski definition) is 5. The number of non-ortho nitro benzene ring substituents is 1. The van der Waals surface area contributed by atoms with Crippen LogP contribution in [0.1, 0.15) is 6.92 Å². The third kappa shape index (κ3) is 4.83. The van der Waals surface area contributed by atoms with Crippen molar-refractivity contribution in [1.82, 2.24) is 0 Å². The Hall–Kier alpha value is -2.32. The van der Waals surface area contributed by atoms with Crippen molar-refractivity contribution in [2.45, 2.75) is 13.0 Å². The number of methoxy groups -OCH3 is 1. The van der Waals surface area contributed by atoms with Gasteiger partial charge in [0, 0.05) is 16.6 Å². The summed E-state index contributed by atoms with van der Waals surface area (Å²) >= 11 is 9.34. The number of nitrogens with zero attached hydrogens (tertiary/aromatic N) is 1. The number of nitrogens with one attached hydrogen (secondary N) is 1. The number of amides is 1. The first-order valence-corrected chi connectivity index (χ1v) is 8.24. The molecule has 0 heterocycles. The Labute approximate surface area is 157 Å². The van der Waals surface area contributed by atoms with Gasteiger partial charge in [0.05, 0.1) is 22.7 Å². The highest BCUT2D eigenvalue weighted by Gasteiger charge is 2.19. The molecule has 9 heteroatoms. The van der Waals surface area contributed by atoms with E-state index in [-0.39, 0.29) is 11.4 Å². The lowest BCUT2D eigenvalue weighted by Crippen LogP contribution is -2.30. The van der Waals surface area contributed by atoms with E-state index < -0.39 is 16.9 Å². The third-order valence-electron chi connectivity index (χ3n) is 3.22. The lowest BCUT2D eigenvalue weighted by molar-refractivity contribution is -0.384. The molecule has 0 saturated carbocycles. The third-order valence-corrected chi connectivity index (χ3v) is 4.01. The van der Waals surface area contributed by atoms with Crippen LogP contribution in [0.15, 0.2) is 40.9 Å². The first-order valence-electron chi connectivity index (χ1n) is 7.07. The summed E-state index contributed by atoms with van der Waals surface area (Å²) in [5.74, 6) is 0.143. The van der Waals surface area contributed by atoms with Gasteiger partial charge in [-0.1, -0.05) is 27.5 Å². The van der Waals surface area contributed by atoms with Crippen LogP contribution in [0.5, 0.6) is 11.5 Å². The van der Waals surface area contributed by atoms with E-state index in [2.05, 4.69) is 21.2 Å². The summed E-state index contributed by atoms with van der Waals surface area (Å²) in [6, 6.07) is 8.92. The zero-order chi connectivity index (χ0) is 18.6. The maximum Gasteiger partial charge on any atom is 0.271 e. The maximum atomic E-state index is 12.3. The molecule has 0 radical (unpaired) electrons. The Morgan fingerprint density at radius 2 is 1.96 bits per heavy atom. The SMILES string of the molecule is COc1ccc([N+](=O)[O-])cc1NC(=O)[C@H](C)Oc1ccc(Br)cc1Cl. The maximum absolute atomic E-state index is 12.3. The molecule has 0 fully saturated rings. The molecule has 0 aliphatic heterocycles. The number of anilines is 1. The Balaban J connectivity index is 2.15. The molecule has 2 rings (SSSR count). The number of halogens is 2. The van der Waals surface area contributed by atoms with E-state index in [4.69, 9.17) is 21.1 Å². The second kappa shape index (κ2) is 8.17. The van der Waals surface area contributed by atoms with Gasteiger partial charge in [-0.2, -0.15) is 0 Å². The Kier molecular flexibility index (Phi) is 6.22. The number of hydrogen-bond donors (Lipinski definition) is 1. The lowest BCUT2D eigenvalue weighted by Gasteiger charge is -2.17. The van der Waals surface area contributed by atoms with Crippen molar-refractivity contribution in [3.05, 3.63) is 56.0 Å². The summed E-state index contributed by atoms with van der Waals surface area (Å²) in [7, 11) is 1.40. The molecule has 1 atom stereocenters. The summed E-state index contributed by atoms with van der Waals surface area (Å²) in [4.78, 5) is 22.7. The molecule has 0 bridgehead atoms. The van der Waals surface area contributed by atoms with Crippen molar-refractivity contribution in [3.63, 3.8) is 0 Å². The van der Waals surface area contributed by atoms with Crippen LogP contribution in [0.25, 0.3) is 0 Å². The summed E-state index contributed by atoms with van der Waals surface area (Å²) in [5.41, 5.74) is 0.0136. The monoisotopic (exact) mass is 428 g/mol. The van der Waals surface area contributed by atoms with Crippen molar-refractivity contribution >= 4 is 44.8 Å². The number of ether oxygens (including phenoxy) is 2. The standard InChI is InChI=1S/C16H14BrClN2O5/c1-9(25-14-5-3-10(17)7-12(14)18)16(21)19-13-8-11(20(22)23)4-6-15(13)24-2/h3-9H,1-2H3,(H,19,21)/t9-/m0/s1. The van der Waals surface area contributed by atoms with Gasteiger partial charge in [0.2, 0.25) is 0 Å². The molecule has 2 aromatic rings. The van der Waals surface area contributed by atoms with Crippen LogP contribution in [0, 0.1) is 10.1 Å². The Morgan fingerprint density at radius 3 is 2.56 bits per heavy atom. The number of rotatable bonds is 6. The molecule has 132 valence electrons. The number of benzene rings is 2. The minimum Gasteiger partial charge on any atom is -0.495 e. The fraction of sp³-hybridized carbons (Fsp3) is 0.188. The van der Waals surface area contributed by atoms with Crippen LogP contribution < -0.4 is 14.8 Å². The summed E-state index contributed by atoms with van der Waals surface area (Å²) in [5, 5.41) is 13.8. The van der Waals surface area contributed by atoms with Crippen LogP contribution >= 0.6 is 27.5 Å². The average molecular weight is 430 g/mol. The second-order valence-electron chi connectivity index (χ2n) is 4.97. The van der Waals surface area contributed by atoms with E-state index in [9.17, 15) is 14.9 Å². The average Bonchev–Trinajstić information content (AvgIpc) is 2.57. The molecule has 0 saturated heterocycles. The van der Waals surface area contributed by atoms with E-state index >= 15 is 0 Å². The van der Waals surface area contributed by atoms with Gasteiger partial charge in [0.15, 0.2) is 6.10 Å². The molecule has 0 unspecified atom stereocenters. The van der Waals surface area contributed by atoms with Gasteiger partial charge in [-0.15, -0.1) is 0 Å². The highest BCUT2D eigenvalue weighted by molar-refractivity contribution is 9.10. The van der Waals surface area contributed by atoms with E-state index in [0.717, 1.165) is 4.47 Å². The highest BCUT2D eigenvalue weighted by Crippen LogP contribution is 2.30. The van der Waals surface area contributed by atoms with Crippen molar-refractivity contribution < 1.29 is 19.2 Å².